The number of carbonyl (C=O) groups excluding carboxylic acids is 1. The SMILES string of the molecule is CCC(C)C(C)(O)CNC(=O)c1ccc(Cn2nc(C)cc2C)cc1. The van der Waals surface area contributed by atoms with Crippen LogP contribution in [0.25, 0.3) is 0 Å². The number of hydrogen-bond acceptors (Lipinski definition) is 3. The molecule has 0 fully saturated rings. The number of aliphatic hydroxyl groups is 1. The Morgan fingerprint density at radius 3 is 2.48 bits per heavy atom. The van der Waals surface area contributed by atoms with Crippen molar-refractivity contribution < 1.29 is 9.90 Å². The maximum atomic E-state index is 12.3. The number of aryl methyl sites for hydroxylation is 2. The van der Waals surface area contributed by atoms with Gasteiger partial charge in [0, 0.05) is 17.8 Å². The first kappa shape index (κ1) is 19.2. The van der Waals surface area contributed by atoms with Crippen molar-refractivity contribution in [2.24, 2.45) is 5.92 Å². The maximum absolute atomic E-state index is 12.3. The zero-order valence-corrected chi connectivity index (χ0v) is 15.8. The van der Waals surface area contributed by atoms with Gasteiger partial charge < -0.3 is 10.4 Å². The molecule has 2 rings (SSSR count). The molecule has 136 valence electrons. The van der Waals surface area contributed by atoms with Gasteiger partial charge in [0.25, 0.3) is 5.91 Å². The average Bonchev–Trinajstić information content (AvgIpc) is 2.89. The summed E-state index contributed by atoms with van der Waals surface area (Å²) in [5.74, 6) is -0.0443. The number of nitrogens with one attached hydrogen (secondary N) is 1. The van der Waals surface area contributed by atoms with Crippen molar-refractivity contribution >= 4 is 5.91 Å². The van der Waals surface area contributed by atoms with Crippen molar-refractivity contribution in [3.8, 4) is 0 Å². The summed E-state index contributed by atoms with van der Waals surface area (Å²) in [5.41, 5.74) is 2.90. The minimum atomic E-state index is -0.903. The van der Waals surface area contributed by atoms with E-state index >= 15 is 0 Å². The fourth-order valence-corrected chi connectivity index (χ4v) is 2.74. The Morgan fingerprint density at radius 2 is 1.96 bits per heavy atom. The molecule has 1 amide bonds. The summed E-state index contributed by atoms with van der Waals surface area (Å²) in [6.07, 6.45) is 0.865. The van der Waals surface area contributed by atoms with Crippen LogP contribution in [0.4, 0.5) is 0 Å². The Bertz CT molecular complexity index is 717. The molecule has 0 spiro atoms. The lowest BCUT2D eigenvalue weighted by molar-refractivity contribution is 0.00592. The Hall–Kier alpha value is -2.14. The Kier molecular flexibility index (Phi) is 6.01. The van der Waals surface area contributed by atoms with E-state index in [1.54, 1.807) is 6.92 Å². The number of aromatic nitrogens is 2. The van der Waals surface area contributed by atoms with Gasteiger partial charge in [-0.3, -0.25) is 9.48 Å². The normalized spacial score (nSPS) is 14.8. The smallest absolute Gasteiger partial charge is 0.251 e. The molecule has 0 aliphatic carbocycles. The Balaban J connectivity index is 1.97. The number of rotatable bonds is 7. The molecule has 5 heteroatoms. The van der Waals surface area contributed by atoms with Gasteiger partial charge >= 0.3 is 0 Å². The molecule has 5 nitrogen and oxygen atoms in total. The van der Waals surface area contributed by atoms with Crippen LogP contribution in [0.1, 0.15) is 54.5 Å². The van der Waals surface area contributed by atoms with Gasteiger partial charge in [0.2, 0.25) is 0 Å². The van der Waals surface area contributed by atoms with Crippen LogP contribution in [0.3, 0.4) is 0 Å². The third-order valence-electron chi connectivity index (χ3n) is 4.93. The molecule has 0 saturated carbocycles. The van der Waals surface area contributed by atoms with E-state index in [1.165, 1.54) is 0 Å². The number of benzene rings is 1. The van der Waals surface area contributed by atoms with Gasteiger partial charge in [0.05, 0.1) is 17.8 Å². The fraction of sp³-hybridized carbons (Fsp3) is 0.500. The Labute approximate surface area is 150 Å². The van der Waals surface area contributed by atoms with Crippen molar-refractivity contribution in [2.75, 3.05) is 6.54 Å². The van der Waals surface area contributed by atoms with Crippen LogP contribution in [0.15, 0.2) is 30.3 Å². The zero-order valence-electron chi connectivity index (χ0n) is 15.8. The average molecular weight is 343 g/mol. The molecular formula is C20H29N3O2. The molecule has 2 aromatic rings. The van der Waals surface area contributed by atoms with Gasteiger partial charge in [0.1, 0.15) is 0 Å². The first-order chi connectivity index (χ1) is 11.7. The highest BCUT2D eigenvalue weighted by Gasteiger charge is 2.27. The number of nitrogens with zero attached hydrogens (tertiary/aromatic N) is 2. The molecule has 0 bridgehead atoms. The first-order valence-corrected chi connectivity index (χ1v) is 8.83. The van der Waals surface area contributed by atoms with Gasteiger partial charge in [0.15, 0.2) is 0 Å². The van der Waals surface area contributed by atoms with Gasteiger partial charge in [-0.2, -0.15) is 5.10 Å². The molecule has 2 atom stereocenters. The van der Waals surface area contributed by atoms with Crippen LogP contribution in [-0.2, 0) is 6.54 Å². The van der Waals surface area contributed by atoms with Crippen LogP contribution < -0.4 is 5.32 Å². The second-order valence-electron chi connectivity index (χ2n) is 7.13. The maximum Gasteiger partial charge on any atom is 0.251 e. The molecule has 2 N–H and O–H groups in total. The summed E-state index contributed by atoms with van der Waals surface area (Å²) in [4.78, 5) is 12.3. The predicted octanol–water partition coefficient (Wildman–Crippen LogP) is 3.08. The summed E-state index contributed by atoms with van der Waals surface area (Å²) >= 11 is 0. The summed E-state index contributed by atoms with van der Waals surface area (Å²) in [6, 6.07) is 9.56. The second-order valence-corrected chi connectivity index (χ2v) is 7.13. The lowest BCUT2D eigenvalue weighted by atomic mass is 9.88. The van der Waals surface area contributed by atoms with Crippen LogP contribution >= 0.6 is 0 Å². The molecule has 2 unspecified atom stereocenters. The van der Waals surface area contributed by atoms with Crippen LogP contribution in [0.2, 0.25) is 0 Å². The lowest BCUT2D eigenvalue weighted by Gasteiger charge is -2.29. The van der Waals surface area contributed by atoms with E-state index in [4.69, 9.17) is 0 Å². The van der Waals surface area contributed by atoms with Crippen molar-refractivity contribution in [3.05, 3.63) is 52.8 Å². The number of carbonyl (C=O) groups is 1. The first-order valence-electron chi connectivity index (χ1n) is 8.83. The zero-order chi connectivity index (χ0) is 18.6. The molecule has 0 aliphatic rings. The van der Waals surface area contributed by atoms with E-state index in [-0.39, 0.29) is 18.4 Å². The van der Waals surface area contributed by atoms with Crippen LogP contribution in [0.5, 0.6) is 0 Å². The van der Waals surface area contributed by atoms with Crippen LogP contribution in [0, 0.1) is 19.8 Å². The Morgan fingerprint density at radius 1 is 1.32 bits per heavy atom. The lowest BCUT2D eigenvalue weighted by Crippen LogP contribution is -2.45. The largest absolute Gasteiger partial charge is 0.388 e. The van der Waals surface area contributed by atoms with Gasteiger partial charge in [-0.05, 0) is 50.5 Å². The molecule has 1 aromatic heterocycles. The highest BCUT2D eigenvalue weighted by atomic mass is 16.3. The van der Waals surface area contributed by atoms with Crippen molar-refractivity contribution in [2.45, 2.75) is 53.2 Å². The van der Waals surface area contributed by atoms with Crippen molar-refractivity contribution in [1.82, 2.24) is 15.1 Å². The fourth-order valence-electron chi connectivity index (χ4n) is 2.74. The van der Waals surface area contributed by atoms with Crippen molar-refractivity contribution in [3.63, 3.8) is 0 Å². The van der Waals surface area contributed by atoms with E-state index in [9.17, 15) is 9.90 Å². The third kappa shape index (κ3) is 4.92. The monoisotopic (exact) mass is 343 g/mol. The molecule has 1 heterocycles. The van der Waals surface area contributed by atoms with Crippen molar-refractivity contribution in [1.29, 1.82) is 0 Å². The topological polar surface area (TPSA) is 67.2 Å². The van der Waals surface area contributed by atoms with Gasteiger partial charge in [-0.1, -0.05) is 32.4 Å². The molecule has 25 heavy (non-hydrogen) atoms. The standard InChI is InChI=1S/C20H29N3O2/c1-6-14(2)20(5,25)13-21-19(24)18-9-7-17(8-10-18)12-23-16(4)11-15(3)22-23/h7-11,14,25H,6,12-13H2,1-5H3,(H,21,24). The number of hydrogen-bond donors (Lipinski definition) is 2. The minimum absolute atomic E-state index is 0.121. The summed E-state index contributed by atoms with van der Waals surface area (Å²) in [7, 11) is 0. The minimum Gasteiger partial charge on any atom is -0.388 e. The molecular weight excluding hydrogens is 314 g/mol. The van der Waals surface area contributed by atoms with E-state index < -0.39 is 5.60 Å². The molecule has 1 aromatic carbocycles. The van der Waals surface area contributed by atoms with E-state index in [0.29, 0.717) is 12.1 Å². The van der Waals surface area contributed by atoms with Crippen LogP contribution in [-0.4, -0.2) is 32.9 Å². The summed E-state index contributed by atoms with van der Waals surface area (Å²) < 4.78 is 1.95. The van der Waals surface area contributed by atoms with E-state index in [1.807, 2.05) is 62.7 Å². The predicted molar refractivity (Wildman–Crippen MR) is 99.7 cm³/mol. The van der Waals surface area contributed by atoms with E-state index in [0.717, 1.165) is 23.4 Å². The highest BCUT2D eigenvalue weighted by molar-refractivity contribution is 5.94. The van der Waals surface area contributed by atoms with Gasteiger partial charge in [-0.25, -0.2) is 0 Å². The highest BCUT2D eigenvalue weighted by Crippen LogP contribution is 2.19. The number of amides is 1. The second kappa shape index (κ2) is 7.83. The summed E-state index contributed by atoms with van der Waals surface area (Å²) in [5, 5.41) is 17.7. The van der Waals surface area contributed by atoms with E-state index in [2.05, 4.69) is 10.4 Å². The summed E-state index contributed by atoms with van der Waals surface area (Å²) in [6.45, 7) is 10.7. The molecule has 0 aliphatic heterocycles. The quantitative estimate of drug-likeness (QED) is 0.812. The van der Waals surface area contributed by atoms with Gasteiger partial charge in [-0.15, -0.1) is 0 Å². The third-order valence-corrected chi connectivity index (χ3v) is 4.93. The molecule has 0 saturated heterocycles. The molecule has 0 radical (unpaired) electrons.